The van der Waals surface area contributed by atoms with Gasteiger partial charge in [-0.2, -0.15) is 0 Å². The molecule has 18 heavy (non-hydrogen) atoms. The van der Waals surface area contributed by atoms with Gasteiger partial charge in [0.2, 0.25) is 0 Å². The molecule has 0 heterocycles. The van der Waals surface area contributed by atoms with Crippen LogP contribution in [0, 0.1) is 0 Å². The highest BCUT2D eigenvalue weighted by atomic mass is 79.9. The predicted octanol–water partition coefficient (Wildman–Crippen LogP) is 3.78. The van der Waals surface area contributed by atoms with Crippen molar-refractivity contribution in [2.45, 2.75) is 45.3 Å². The van der Waals surface area contributed by atoms with Gasteiger partial charge in [-0.05, 0) is 57.9 Å². The van der Waals surface area contributed by atoms with E-state index in [1.807, 2.05) is 0 Å². The number of benzene rings is 1. The molecule has 0 aliphatic rings. The van der Waals surface area contributed by atoms with Gasteiger partial charge in [-0.15, -0.1) is 0 Å². The lowest BCUT2D eigenvalue weighted by atomic mass is 10.0. The maximum Gasteiger partial charge on any atom is 0.0634 e. The lowest BCUT2D eigenvalue weighted by Crippen LogP contribution is -2.34. The Morgan fingerprint density at radius 1 is 1.28 bits per heavy atom. The second kappa shape index (κ2) is 7.27. The first kappa shape index (κ1) is 15.7. The quantitative estimate of drug-likeness (QED) is 0.827. The van der Waals surface area contributed by atoms with Gasteiger partial charge in [-0.25, -0.2) is 0 Å². The van der Waals surface area contributed by atoms with Gasteiger partial charge in [0.05, 0.1) is 5.60 Å². The van der Waals surface area contributed by atoms with Crippen LogP contribution in [0.15, 0.2) is 28.7 Å². The molecule has 0 saturated carbocycles. The summed E-state index contributed by atoms with van der Waals surface area (Å²) in [5.41, 5.74) is 1.33. The summed E-state index contributed by atoms with van der Waals surface area (Å²) in [4.78, 5) is 0. The third-order valence-electron chi connectivity index (χ3n) is 3.23. The van der Waals surface area contributed by atoms with E-state index >= 15 is 0 Å². The smallest absolute Gasteiger partial charge is 0.0634 e. The summed E-state index contributed by atoms with van der Waals surface area (Å²) >= 11 is 3.45. The topological polar surface area (TPSA) is 21.3 Å². The minimum absolute atomic E-state index is 0.0374. The summed E-state index contributed by atoms with van der Waals surface area (Å²) in [6.45, 7) is 7.45. The van der Waals surface area contributed by atoms with Crippen molar-refractivity contribution in [2.75, 3.05) is 13.7 Å². The Bertz CT molecular complexity index is 348. The standard InChI is InChI=1S/C15H24BrNO/c1-12(17-10-9-15(2,3)18-4)11-13-5-7-14(16)8-6-13/h5-8,12,17H,9-11H2,1-4H3. The summed E-state index contributed by atoms with van der Waals surface area (Å²) < 4.78 is 6.54. The Morgan fingerprint density at radius 3 is 2.44 bits per heavy atom. The van der Waals surface area contributed by atoms with E-state index in [9.17, 15) is 0 Å². The van der Waals surface area contributed by atoms with E-state index < -0.39 is 0 Å². The highest BCUT2D eigenvalue weighted by Gasteiger charge is 2.15. The molecule has 1 N–H and O–H groups in total. The van der Waals surface area contributed by atoms with Crippen molar-refractivity contribution in [1.82, 2.24) is 5.32 Å². The minimum atomic E-state index is -0.0374. The monoisotopic (exact) mass is 313 g/mol. The molecule has 0 radical (unpaired) electrons. The molecule has 1 aromatic carbocycles. The Kier molecular flexibility index (Phi) is 6.33. The molecule has 3 heteroatoms. The number of halogens is 1. The van der Waals surface area contributed by atoms with Crippen LogP contribution in [0.25, 0.3) is 0 Å². The van der Waals surface area contributed by atoms with Crippen LogP contribution in [0.4, 0.5) is 0 Å². The summed E-state index contributed by atoms with van der Waals surface area (Å²) in [6, 6.07) is 9.01. The second-order valence-corrected chi connectivity index (χ2v) is 6.32. The van der Waals surface area contributed by atoms with Gasteiger partial charge in [-0.3, -0.25) is 0 Å². The molecule has 0 bridgehead atoms. The van der Waals surface area contributed by atoms with E-state index in [1.165, 1.54) is 5.56 Å². The van der Waals surface area contributed by atoms with E-state index in [0.29, 0.717) is 6.04 Å². The van der Waals surface area contributed by atoms with Crippen molar-refractivity contribution in [3.63, 3.8) is 0 Å². The van der Waals surface area contributed by atoms with Crippen LogP contribution in [0.2, 0.25) is 0 Å². The maximum absolute atomic E-state index is 5.41. The van der Waals surface area contributed by atoms with E-state index in [1.54, 1.807) is 7.11 Å². The number of rotatable bonds is 7. The van der Waals surface area contributed by atoms with Gasteiger partial charge < -0.3 is 10.1 Å². The zero-order valence-electron chi connectivity index (χ0n) is 11.8. The van der Waals surface area contributed by atoms with Crippen LogP contribution in [0.3, 0.4) is 0 Å². The van der Waals surface area contributed by atoms with E-state index in [-0.39, 0.29) is 5.60 Å². The van der Waals surface area contributed by atoms with Gasteiger partial charge in [0.25, 0.3) is 0 Å². The Labute approximate surface area is 119 Å². The molecule has 0 aliphatic carbocycles. The van der Waals surface area contributed by atoms with Crippen LogP contribution in [0.5, 0.6) is 0 Å². The average molecular weight is 314 g/mol. The predicted molar refractivity (Wildman–Crippen MR) is 81.0 cm³/mol. The highest BCUT2D eigenvalue weighted by Crippen LogP contribution is 2.13. The fraction of sp³-hybridized carbons (Fsp3) is 0.600. The maximum atomic E-state index is 5.41. The highest BCUT2D eigenvalue weighted by molar-refractivity contribution is 9.10. The molecular formula is C15H24BrNO. The SMILES string of the molecule is COC(C)(C)CCNC(C)Cc1ccc(Br)cc1. The third kappa shape index (κ3) is 5.98. The third-order valence-corrected chi connectivity index (χ3v) is 3.76. The van der Waals surface area contributed by atoms with Gasteiger partial charge in [0.15, 0.2) is 0 Å². The molecule has 0 aromatic heterocycles. The molecule has 0 spiro atoms. The van der Waals surface area contributed by atoms with Crippen LogP contribution in [-0.4, -0.2) is 25.3 Å². The summed E-state index contributed by atoms with van der Waals surface area (Å²) in [5.74, 6) is 0. The molecule has 0 aliphatic heterocycles. The fourth-order valence-corrected chi connectivity index (χ4v) is 2.03. The van der Waals surface area contributed by atoms with Crippen molar-refractivity contribution >= 4 is 15.9 Å². The van der Waals surface area contributed by atoms with Crippen molar-refractivity contribution in [3.05, 3.63) is 34.3 Å². The molecule has 2 nitrogen and oxygen atoms in total. The Balaban J connectivity index is 2.29. The van der Waals surface area contributed by atoms with E-state index in [0.717, 1.165) is 23.9 Å². The zero-order valence-corrected chi connectivity index (χ0v) is 13.4. The normalized spacial score (nSPS) is 13.6. The van der Waals surface area contributed by atoms with Crippen LogP contribution < -0.4 is 5.32 Å². The van der Waals surface area contributed by atoms with Crippen LogP contribution >= 0.6 is 15.9 Å². The lowest BCUT2D eigenvalue weighted by molar-refractivity contribution is 0.0154. The number of methoxy groups -OCH3 is 1. The summed E-state index contributed by atoms with van der Waals surface area (Å²) in [7, 11) is 1.77. The molecule has 1 aromatic rings. The van der Waals surface area contributed by atoms with Crippen LogP contribution in [0.1, 0.15) is 32.8 Å². The largest absolute Gasteiger partial charge is 0.379 e. The molecule has 1 atom stereocenters. The van der Waals surface area contributed by atoms with Crippen molar-refractivity contribution < 1.29 is 4.74 Å². The molecular weight excluding hydrogens is 290 g/mol. The second-order valence-electron chi connectivity index (χ2n) is 5.40. The number of nitrogens with one attached hydrogen (secondary N) is 1. The van der Waals surface area contributed by atoms with Crippen molar-refractivity contribution in [1.29, 1.82) is 0 Å². The van der Waals surface area contributed by atoms with Gasteiger partial charge in [0, 0.05) is 17.6 Å². The number of ether oxygens (including phenoxy) is 1. The molecule has 0 fully saturated rings. The Hall–Kier alpha value is -0.380. The van der Waals surface area contributed by atoms with E-state index in [4.69, 9.17) is 4.74 Å². The number of hydrogen-bond donors (Lipinski definition) is 1. The Morgan fingerprint density at radius 2 is 1.89 bits per heavy atom. The first-order valence-corrected chi connectivity index (χ1v) is 7.25. The first-order valence-electron chi connectivity index (χ1n) is 6.46. The van der Waals surface area contributed by atoms with Crippen molar-refractivity contribution in [3.8, 4) is 0 Å². The average Bonchev–Trinajstić information content (AvgIpc) is 2.32. The minimum Gasteiger partial charge on any atom is -0.379 e. The van der Waals surface area contributed by atoms with Gasteiger partial charge in [0.1, 0.15) is 0 Å². The molecule has 0 amide bonds. The summed E-state index contributed by atoms with van der Waals surface area (Å²) in [5, 5.41) is 3.54. The van der Waals surface area contributed by atoms with Gasteiger partial charge >= 0.3 is 0 Å². The fourth-order valence-electron chi connectivity index (χ4n) is 1.77. The number of hydrogen-bond acceptors (Lipinski definition) is 2. The van der Waals surface area contributed by atoms with Crippen molar-refractivity contribution in [2.24, 2.45) is 0 Å². The summed E-state index contributed by atoms with van der Waals surface area (Å²) in [6.07, 6.45) is 2.08. The van der Waals surface area contributed by atoms with Crippen LogP contribution in [-0.2, 0) is 11.2 Å². The molecule has 0 saturated heterocycles. The lowest BCUT2D eigenvalue weighted by Gasteiger charge is -2.24. The molecule has 102 valence electrons. The first-order chi connectivity index (χ1) is 8.43. The van der Waals surface area contributed by atoms with E-state index in [2.05, 4.69) is 66.3 Å². The molecule has 1 rings (SSSR count). The molecule has 1 unspecified atom stereocenters. The van der Waals surface area contributed by atoms with Gasteiger partial charge in [-0.1, -0.05) is 28.1 Å². The zero-order chi connectivity index (χ0) is 13.6.